The third kappa shape index (κ3) is 2.61. The van der Waals surface area contributed by atoms with Crippen molar-refractivity contribution in [2.24, 2.45) is 0 Å². The van der Waals surface area contributed by atoms with Gasteiger partial charge in [0.15, 0.2) is 0 Å². The Bertz CT molecular complexity index is 376. The molecule has 0 spiro atoms. The van der Waals surface area contributed by atoms with Gasteiger partial charge in [0, 0.05) is 19.4 Å². The van der Waals surface area contributed by atoms with Crippen LogP contribution in [0.4, 0.5) is 0 Å². The van der Waals surface area contributed by atoms with Crippen molar-refractivity contribution in [2.45, 2.75) is 32.5 Å². The number of ether oxygens (including phenoxy) is 1. The van der Waals surface area contributed by atoms with Crippen molar-refractivity contribution >= 4 is 5.91 Å². The van der Waals surface area contributed by atoms with Crippen LogP contribution >= 0.6 is 0 Å². The summed E-state index contributed by atoms with van der Waals surface area (Å²) in [6, 6.07) is 8.30. The molecule has 1 N–H and O–H groups in total. The fourth-order valence-corrected chi connectivity index (χ4v) is 1.89. The zero-order valence-electron chi connectivity index (χ0n) is 9.53. The van der Waals surface area contributed by atoms with Gasteiger partial charge in [-0.2, -0.15) is 0 Å². The molecule has 2 rings (SSSR count). The van der Waals surface area contributed by atoms with Gasteiger partial charge in [0.05, 0.1) is 12.7 Å². The van der Waals surface area contributed by atoms with Gasteiger partial charge in [-0.05, 0) is 11.1 Å². The second kappa shape index (κ2) is 5.12. The number of nitrogens with one attached hydrogen (secondary N) is 1. The Kier molecular flexibility index (Phi) is 3.57. The molecule has 1 unspecified atom stereocenters. The lowest BCUT2D eigenvalue weighted by Crippen LogP contribution is -2.36. The Morgan fingerprint density at radius 2 is 2.19 bits per heavy atom. The second-order valence-corrected chi connectivity index (χ2v) is 4.06. The van der Waals surface area contributed by atoms with Gasteiger partial charge in [-0.25, -0.2) is 0 Å². The quantitative estimate of drug-likeness (QED) is 0.839. The van der Waals surface area contributed by atoms with Crippen LogP contribution in [0.5, 0.6) is 0 Å². The van der Waals surface area contributed by atoms with E-state index in [-0.39, 0.29) is 12.0 Å². The highest BCUT2D eigenvalue weighted by Gasteiger charge is 2.18. The number of carbonyl (C=O) groups is 1. The molecule has 0 fully saturated rings. The molecule has 86 valence electrons. The summed E-state index contributed by atoms with van der Waals surface area (Å²) >= 11 is 0. The van der Waals surface area contributed by atoms with Gasteiger partial charge in [0.1, 0.15) is 0 Å². The molecule has 3 heteroatoms. The SMILES string of the molecule is CCC(=O)NCC1Cc2ccccc2CO1. The van der Waals surface area contributed by atoms with Crippen molar-refractivity contribution in [2.75, 3.05) is 6.54 Å². The number of hydrogen-bond acceptors (Lipinski definition) is 2. The Labute approximate surface area is 95.8 Å². The minimum atomic E-state index is 0.0856. The molecule has 1 aliphatic rings. The molecule has 1 aromatic rings. The van der Waals surface area contributed by atoms with Gasteiger partial charge in [0.2, 0.25) is 5.91 Å². The molecule has 0 bridgehead atoms. The zero-order chi connectivity index (χ0) is 11.4. The number of amides is 1. The van der Waals surface area contributed by atoms with Crippen LogP contribution in [0.25, 0.3) is 0 Å². The van der Waals surface area contributed by atoms with E-state index in [0.717, 1.165) is 6.42 Å². The second-order valence-electron chi connectivity index (χ2n) is 4.06. The molecule has 1 atom stereocenters. The van der Waals surface area contributed by atoms with E-state index in [1.54, 1.807) is 0 Å². The largest absolute Gasteiger partial charge is 0.371 e. The monoisotopic (exact) mass is 219 g/mol. The van der Waals surface area contributed by atoms with Crippen LogP contribution in [0, 0.1) is 0 Å². The number of fused-ring (bicyclic) bond motifs is 1. The van der Waals surface area contributed by atoms with Crippen LogP contribution in [0.2, 0.25) is 0 Å². The Hall–Kier alpha value is -1.35. The van der Waals surface area contributed by atoms with Gasteiger partial charge >= 0.3 is 0 Å². The van der Waals surface area contributed by atoms with Crippen molar-refractivity contribution in [3.05, 3.63) is 35.4 Å². The zero-order valence-corrected chi connectivity index (χ0v) is 9.53. The standard InChI is InChI=1S/C13H17NO2/c1-2-13(15)14-8-12-7-10-5-3-4-6-11(10)9-16-12/h3-6,12H,2,7-9H2,1H3,(H,14,15). The molecule has 1 heterocycles. The first-order chi connectivity index (χ1) is 7.79. The first-order valence-corrected chi connectivity index (χ1v) is 5.74. The molecule has 1 amide bonds. The molecule has 0 saturated heterocycles. The summed E-state index contributed by atoms with van der Waals surface area (Å²) in [6.07, 6.45) is 1.54. The van der Waals surface area contributed by atoms with E-state index in [1.807, 2.05) is 19.1 Å². The van der Waals surface area contributed by atoms with Gasteiger partial charge in [-0.15, -0.1) is 0 Å². The van der Waals surface area contributed by atoms with Crippen LogP contribution in [-0.2, 0) is 22.6 Å². The molecule has 16 heavy (non-hydrogen) atoms. The van der Waals surface area contributed by atoms with E-state index in [4.69, 9.17) is 4.74 Å². The molecular formula is C13H17NO2. The molecule has 0 saturated carbocycles. The highest BCUT2D eigenvalue weighted by atomic mass is 16.5. The van der Waals surface area contributed by atoms with Crippen LogP contribution in [-0.4, -0.2) is 18.6 Å². The number of rotatable bonds is 3. The Morgan fingerprint density at radius 3 is 2.94 bits per heavy atom. The smallest absolute Gasteiger partial charge is 0.219 e. The number of carbonyl (C=O) groups excluding carboxylic acids is 1. The first-order valence-electron chi connectivity index (χ1n) is 5.74. The minimum Gasteiger partial charge on any atom is -0.371 e. The number of benzene rings is 1. The molecule has 0 radical (unpaired) electrons. The summed E-state index contributed by atoms with van der Waals surface area (Å²) in [4.78, 5) is 11.1. The topological polar surface area (TPSA) is 38.3 Å². The number of hydrogen-bond donors (Lipinski definition) is 1. The van der Waals surface area contributed by atoms with Crippen molar-refractivity contribution in [1.29, 1.82) is 0 Å². The highest BCUT2D eigenvalue weighted by molar-refractivity contribution is 5.75. The lowest BCUT2D eigenvalue weighted by molar-refractivity contribution is -0.121. The van der Waals surface area contributed by atoms with E-state index in [1.165, 1.54) is 11.1 Å². The van der Waals surface area contributed by atoms with E-state index in [9.17, 15) is 4.79 Å². The average Bonchev–Trinajstić information content (AvgIpc) is 2.35. The fourth-order valence-electron chi connectivity index (χ4n) is 1.89. The van der Waals surface area contributed by atoms with Crippen molar-refractivity contribution in [3.63, 3.8) is 0 Å². The van der Waals surface area contributed by atoms with E-state index in [2.05, 4.69) is 17.4 Å². The Morgan fingerprint density at radius 1 is 1.44 bits per heavy atom. The van der Waals surface area contributed by atoms with Crippen LogP contribution < -0.4 is 5.32 Å². The third-order valence-electron chi connectivity index (χ3n) is 2.89. The van der Waals surface area contributed by atoms with Crippen molar-refractivity contribution in [3.8, 4) is 0 Å². The van der Waals surface area contributed by atoms with E-state index < -0.39 is 0 Å². The third-order valence-corrected chi connectivity index (χ3v) is 2.89. The van der Waals surface area contributed by atoms with E-state index in [0.29, 0.717) is 19.6 Å². The molecule has 3 nitrogen and oxygen atoms in total. The summed E-state index contributed by atoms with van der Waals surface area (Å²) in [5.74, 6) is 0.0856. The molecule has 1 aliphatic heterocycles. The van der Waals surface area contributed by atoms with Gasteiger partial charge in [-0.3, -0.25) is 4.79 Å². The summed E-state index contributed by atoms with van der Waals surface area (Å²) in [7, 11) is 0. The summed E-state index contributed by atoms with van der Waals surface area (Å²) in [5, 5.41) is 2.87. The minimum absolute atomic E-state index is 0.0856. The molecule has 0 aliphatic carbocycles. The van der Waals surface area contributed by atoms with Crippen LogP contribution in [0.15, 0.2) is 24.3 Å². The maximum Gasteiger partial charge on any atom is 0.219 e. The van der Waals surface area contributed by atoms with Gasteiger partial charge in [0.25, 0.3) is 0 Å². The van der Waals surface area contributed by atoms with Crippen LogP contribution in [0.1, 0.15) is 24.5 Å². The summed E-state index contributed by atoms with van der Waals surface area (Å²) < 4.78 is 5.68. The van der Waals surface area contributed by atoms with Gasteiger partial charge in [-0.1, -0.05) is 31.2 Å². The van der Waals surface area contributed by atoms with E-state index >= 15 is 0 Å². The van der Waals surface area contributed by atoms with Crippen LogP contribution in [0.3, 0.4) is 0 Å². The summed E-state index contributed by atoms with van der Waals surface area (Å²) in [5.41, 5.74) is 2.60. The maximum absolute atomic E-state index is 11.1. The maximum atomic E-state index is 11.1. The summed E-state index contributed by atoms with van der Waals surface area (Å²) in [6.45, 7) is 3.12. The fraction of sp³-hybridized carbons (Fsp3) is 0.462. The lowest BCUT2D eigenvalue weighted by Gasteiger charge is -2.25. The predicted octanol–water partition coefficient (Wildman–Crippen LogP) is 1.65. The van der Waals surface area contributed by atoms with Gasteiger partial charge < -0.3 is 10.1 Å². The molecule has 0 aromatic heterocycles. The molecule has 1 aromatic carbocycles. The Balaban J connectivity index is 1.90. The first kappa shape index (κ1) is 11.1. The predicted molar refractivity (Wildman–Crippen MR) is 62.0 cm³/mol. The van der Waals surface area contributed by atoms with Crippen molar-refractivity contribution in [1.82, 2.24) is 5.32 Å². The average molecular weight is 219 g/mol. The van der Waals surface area contributed by atoms with Crippen molar-refractivity contribution < 1.29 is 9.53 Å². The lowest BCUT2D eigenvalue weighted by atomic mass is 9.99. The normalized spacial score (nSPS) is 18.9. The highest BCUT2D eigenvalue weighted by Crippen LogP contribution is 2.19. The molecular weight excluding hydrogens is 202 g/mol.